The molecule has 0 saturated carbocycles. The van der Waals surface area contributed by atoms with Gasteiger partial charge in [-0.25, -0.2) is 0 Å². The fourth-order valence-electron chi connectivity index (χ4n) is 1.54. The van der Waals surface area contributed by atoms with Gasteiger partial charge in [0, 0.05) is 25.8 Å². The van der Waals surface area contributed by atoms with Crippen molar-refractivity contribution < 1.29 is 18.3 Å². The van der Waals surface area contributed by atoms with Crippen LogP contribution in [0.4, 0.5) is 18.9 Å². The zero-order valence-electron chi connectivity index (χ0n) is 9.46. The van der Waals surface area contributed by atoms with Gasteiger partial charge in [0.05, 0.1) is 12.2 Å². The molecule has 17 heavy (non-hydrogen) atoms. The van der Waals surface area contributed by atoms with E-state index in [9.17, 15) is 13.2 Å². The Hall–Kier alpha value is -1.27. The second-order valence-electron chi connectivity index (χ2n) is 3.70. The van der Waals surface area contributed by atoms with E-state index in [0.717, 1.165) is 6.07 Å². The minimum absolute atomic E-state index is 0.0451. The highest BCUT2D eigenvalue weighted by Gasteiger charge is 2.34. The number of nitrogens with two attached hydrogens (primary N) is 1. The average Bonchev–Trinajstić information content (AvgIpc) is 2.27. The van der Waals surface area contributed by atoms with Crippen LogP contribution >= 0.6 is 0 Å². The Morgan fingerprint density at radius 2 is 2.00 bits per heavy atom. The van der Waals surface area contributed by atoms with E-state index in [-0.39, 0.29) is 25.4 Å². The Labute approximate surface area is 97.6 Å². The molecule has 1 aromatic carbocycles. The van der Waals surface area contributed by atoms with Gasteiger partial charge in [0.25, 0.3) is 0 Å². The number of hydrogen-bond acceptors (Lipinski definition) is 3. The number of nitrogens with zero attached hydrogens (tertiary/aromatic N) is 1. The zero-order chi connectivity index (χ0) is 13.1. The third kappa shape index (κ3) is 3.34. The quantitative estimate of drug-likeness (QED) is 0.850. The maximum atomic E-state index is 12.8. The molecule has 0 heterocycles. The van der Waals surface area contributed by atoms with Crippen LogP contribution in [0.2, 0.25) is 0 Å². The lowest BCUT2D eigenvalue weighted by atomic mass is 10.1. The van der Waals surface area contributed by atoms with Crippen LogP contribution in [-0.2, 0) is 12.7 Å². The lowest BCUT2D eigenvalue weighted by molar-refractivity contribution is -0.137. The van der Waals surface area contributed by atoms with E-state index in [1.165, 1.54) is 18.0 Å². The van der Waals surface area contributed by atoms with Crippen molar-refractivity contribution in [2.24, 2.45) is 5.73 Å². The molecule has 0 aliphatic rings. The average molecular weight is 248 g/mol. The molecule has 96 valence electrons. The van der Waals surface area contributed by atoms with Gasteiger partial charge in [-0.2, -0.15) is 13.2 Å². The lowest BCUT2D eigenvalue weighted by Gasteiger charge is -2.23. The molecule has 0 radical (unpaired) electrons. The summed E-state index contributed by atoms with van der Waals surface area (Å²) >= 11 is 0. The van der Waals surface area contributed by atoms with Crippen LogP contribution in [0.25, 0.3) is 0 Å². The molecular formula is C11H15F3N2O. The van der Waals surface area contributed by atoms with Crippen LogP contribution in [-0.4, -0.2) is 25.3 Å². The fraction of sp³-hybridized carbons (Fsp3) is 0.455. The maximum Gasteiger partial charge on any atom is 0.418 e. The summed E-state index contributed by atoms with van der Waals surface area (Å²) in [5.41, 5.74) is 5.07. The first-order valence-electron chi connectivity index (χ1n) is 5.12. The minimum atomic E-state index is -4.43. The largest absolute Gasteiger partial charge is 0.418 e. The Kier molecular flexibility index (Phi) is 4.36. The Balaban J connectivity index is 3.20. The summed E-state index contributed by atoms with van der Waals surface area (Å²) in [6.07, 6.45) is -4.43. The SMILES string of the molecule is CN(CCO)c1ccc(CN)cc1C(F)(F)F. The number of halogens is 3. The number of aliphatic hydroxyl groups is 1. The van der Waals surface area contributed by atoms with Crippen LogP contribution in [0, 0.1) is 0 Å². The lowest BCUT2D eigenvalue weighted by Crippen LogP contribution is -2.24. The molecule has 0 aliphatic heterocycles. The number of rotatable bonds is 4. The molecule has 0 unspecified atom stereocenters. The Bertz CT molecular complexity index is 379. The number of anilines is 1. The highest BCUT2D eigenvalue weighted by molar-refractivity contribution is 5.56. The molecule has 0 fully saturated rings. The molecule has 3 nitrogen and oxygen atoms in total. The number of benzene rings is 1. The van der Waals surface area contributed by atoms with E-state index >= 15 is 0 Å². The van der Waals surface area contributed by atoms with Gasteiger partial charge in [-0.05, 0) is 17.7 Å². The van der Waals surface area contributed by atoms with Crippen LogP contribution < -0.4 is 10.6 Å². The van der Waals surface area contributed by atoms with Crippen LogP contribution in [0.3, 0.4) is 0 Å². The second kappa shape index (κ2) is 5.37. The van der Waals surface area contributed by atoms with E-state index in [2.05, 4.69) is 0 Å². The molecule has 1 aromatic rings. The van der Waals surface area contributed by atoms with E-state index in [0.29, 0.717) is 5.56 Å². The van der Waals surface area contributed by atoms with E-state index in [1.807, 2.05) is 0 Å². The van der Waals surface area contributed by atoms with Crippen molar-refractivity contribution in [3.63, 3.8) is 0 Å². The maximum absolute atomic E-state index is 12.8. The highest BCUT2D eigenvalue weighted by atomic mass is 19.4. The monoisotopic (exact) mass is 248 g/mol. The summed E-state index contributed by atoms with van der Waals surface area (Å²) in [7, 11) is 1.50. The number of hydrogen-bond donors (Lipinski definition) is 2. The van der Waals surface area contributed by atoms with Gasteiger partial charge >= 0.3 is 6.18 Å². The topological polar surface area (TPSA) is 49.5 Å². The summed E-state index contributed by atoms with van der Waals surface area (Å²) in [6.45, 7) is 0.00453. The van der Waals surface area contributed by atoms with Crippen molar-refractivity contribution >= 4 is 5.69 Å². The summed E-state index contributed by atoms with van der Waals surface area (Å²) in [4.78, 5) is 1.36. The molecule has 0 aliphatic carbocycles. The summed E-state index contributed by atoms with van der Waals surface area (Å²) in [5, 5.41) is 8.75. The van der Waals surface area contributed by atoms with Crippen molar-refractivity contribution in [1.29, 1.82) is 0 Å². The Morgan fingerprint density at radius 3 is 2.47 bits per heavy atom. The first-order chi connectivity index (χ1) is 7.90. The van der Waals surface area contributed by atoms with Gasteiger partial charge in [-0.1, -0.05) is 6.07 Å². The first kappa shape index (κ1) is 13.8. The summed E-state index contributed by atoms with van der Waals surface area (Å²) in [5.74, 6) is 0. The van der Waals surface area contributed by atoms with E-state index < -0.39 is 11.7 Å². The molecule has 6 heteroatoms. The van der Waals surface area contributed by atoms with E-state index in [4.69, 9.17) is 10.8 Å². The number of alkyl halides is 3. The van der Waals surface area contributed by atoms with E-state index in [1.54, 1.807) is 6.07 Å². The normalized spacial score (nSPS) is 11.6. The van der Waals surface area contributed by atoms with Crippen molar-refractivity contribution in [2.75, 3.05) is 25.1 Å². The van der Waals surface area contributed by atoms with Crippen molar-refractivity contribution in [3.05, 3.63) is 29.3 Å². The van der Waals surface area contributed by atoms with Crippen LogP contribution in [0.5, 0.6) is 0 Å². The molecule has 0 amide bonds. The molecule has 0 atom stereocenters. The van der Waals surface area contributed by atoms with Crippen LogP contribution in [0.15, 0.2) is 18.2 Å². The molecule has 0 aromatic heterocycles. The third-order valence-electron chi connectivity index (χ3n) is 2.45. The number of likely N-dealkylation sites (N-methyl/N-ethyl adjacent to an activating group) is 1. The van der Waals surface area contributed by atoms with Gasteiger partial charge in [-0.3, -0.25) is 0 Å². The smallest absolute Gasteiger partial charge is 0.395 e. The zero-order valence-corrected chi connectivity index (χ0v) is 9.46. The fourth-order valence-corrected chi connectivity index (χ4v) is 1.54. The minimum Gasteiger partial charge on any atom is -0.395 e. The van der Waals surface area contributed by atoms with Crippen molar-refractivity contribution in [2.45, 2.75) is 12.7 Å². The molecule has 0 saturated heterocycles. The standard InChI is InChI=1S/C11H15F3N2O/c1-16(4-5-17)10-3-2-8(7-15)6-9(10)11(12,13)14/h2-3,6,17H,4-5,7,15H2,1H3. The predicted molar refractivity (Wildman–Crippen MR) is 59.7 cm³/mol. The summed E-state index contributed by atoms with van der Waals surface area (Å²) < 4.78 is 38.5. The molecule has 3 N–H and O–H groups in total. The van der Waals surface area contributed by atoms with Gasteiger partial charge < -0.3 is 15.7 Å². The van der Waals surface area contributed by atoms with Crippen molar-refractivity contribution in [3.8, 4) is 0 Å². The summed E-state index contributed by atoms with van der Waals surface area (Å²) in [6, 6.07) is 3.97. The Morgan fingerprint density at radius 1 is 1.35 bits per heavy atom. The first-order valence-corrected chi connectivity index (χ1v) is 5.12. The number of aliphatic hydroxyl groups excluding tert-OH is 1. The third-order valence-corrected chi connectivity index (χ3v) is 2.45. The van der Waals surface area contributed by atoms with Gasteiger partial charge in [0.15, 0.2) is 0 Å². The molecule has 0 bridgehead atoms. The van der Waals surface area contributed by atoms with Gasteiger partial charge in [0.1, 0.15) is 0 Å². The predicted octanol–water partition coefficient (Wildman–Crippen LogP) is 1.59. The highest BCUT2D eigenvalue weighted by Crippen LogP contribution is 2.36. The van der Waals surface area contributed by atoms with Gasteiger partial charge in [-0.15, -0.1) is 0 Å². The molecule has 1 rings (SSSR count). The van der Waals surface area contributed by atoms with Crippen LogP contribution in [0.1, 0.15) is 11.1 Å². The van der Waals surface area contributed by atoms with Crippen molar-refractivity contribution in [1.82, 2.24) is 0 Å². The molecule has 0 spiro atoms. The molecular weight excluding hydrogens is 233 g/mol. The van der Waals surface area contributed by atoms with Gasteiger partial charge in [0.2, 0.25) is 0 Å². The second-order valence-corrected chi connectivity index (χ2v) is 3.70.